The van der Waals surface area contributed by atoms with Crippen molar-refractivity contribution in [2.45, 2.75) is 0 Å². The Balaban J connectivity index is 2.55. The van der Waals surface area contributed by atoms with E-state index in [9.17, 15) is 4.39 Å². The van der Waals surface area contributed by atoms with Crippen LogP contribution in [0.5, 0.6) is 0 Å². The first kappa shape index (κ1) is 10.2. The number of benzene rings is 2. The van der Waals surface area contributed by atoms with E-state index in [1.165, 1.54) is 6.07 Å². The molecule has 0 saturated heterocycles. The fourth-order valence-corrected chi connectivity index (χ4v) is 1.65. The molecule has 0 nitrogen and oxygen atoms in total. The third kappa shape index (κ3) is 2.02. The van der Waals surface area contributed by atoms with Crippen LogP contribution in [0.15, 0.2) is 42.5 Å². The number of rotatable bonds is 1. The molecule has 0 bridgehead atoms. The van der Waals surface area contributed by atoms with Crippen LogP contribution in [0.25, 0.3) is 11.1 Å². The smallest absolute Gasteiger partial charge is 0.141 e. The zero-order valence-electron chi connectivity index (χ0n) is 8.00. The Morgan fingerprint density at radius 2 is 1.80 bits per heavy atom. The van der Waals surface area contributed by atoms with Crippen LogP contribution in [-0.4, -0.2) is 0 Å². The van der Waals surface area contributed by atoms with Gasteiger partial charge in [0, 0.05) is 0 Å². The molecule has 0 unspecified atom stereocenters. The van der Waals surface area contributed by atoms with Crippen molar-refractivity contribution in [3.05, 3.63) is 65.8 Å². The second-order valence-electron chi connectivity index (χ2n) is 3.29. The molecule has 15 heavy (non-hydrogen) atoms. The molecule has 2 rings (SSSR count). The van der Waals surface area contributed by atoms with E-state index >= 15 is 0 Å². The molecule has 0 atom stereocenters. The average molecular weight is 220 g/mol. The minimum Gasteiger partial charge on any atom is -0.205 e. The fourth-order valence-electron chi connectivity index (χ4n) is 1.47. The lowest BCUT2D eigenvalue weighted by molar-refractivity contribution is 0.628. The van der Waals surface area contributed by atoms with E-state index in [0.717, 1.165) is 16.7 Å². The number of hydrogen-bond acceptors (Lipinski definition) is 0. The third-order valence-corrected chi connectivity index (χ3v) is 2.54. The molecule has 0 saturated carbocycles. The fraction of sp³-hybridized carbons (Fsp3) is 0. The highest BCUT2D eigenvalue weighted by molar-refractivity contribution is 6.31. The predicted molar refractivity (Wildman–Crippen MR) is 61.3 cm³/mol. The van der Waals surface area contributed by atoms with Crippen LogP contribution in [0.3, 0.4) is 0 Å². The van der Waals surface area contributed by atoms with E-state index in [-0.39, 0.29) is 5.02 Å². The van der Waals surface area contributed by atoms with Gasteiger partial charge in [-0.15, -0.1) is 0 Å². The molecule has 0 N–H and O–H groups in total. The van der Waals surface area contributed by atoms with Crippen molar-refractivity contribution < 1.29 is 4.39 Å². The predicted octanol–water partition coefficient (Wildman–Crippen LogP) is 4.33. The van der Waals surface area contributed by atoms with E-state index in [0.29, 0.717) is 0 Å². The first-order valence-electron chi connectivity index (χ1n) is 4.55. The second kappa shape index (κ2) is 4.03. The highest BCUT2D eigenvalue weighted by Gasteiger charge is 2.04. The Bertz CT molecular complexity index is 492. The van der Waals surface area contributed by atoms with Crippen molar-refractivity contribution in [3.8, 4) is 11.1 Å². The van der Waals surface area contributed by atoms with E-state index in [1.807, 2.05) is 24.3 Å². The first-order valence-corrected chi connectivity index (χ1v) is 4.92. The van der Waals surface area contributed by atoms with Gasteiger partial charge in [0.05, 0.1) is 5.02 Å². The maximum absolute atomic E-state index is 13.0. The molecule has 75 valence electrons. The van der Waals surface area contributed by atoms with E-state index in [2.05, 4.69) is 6.92 Å². The molecule has 2 aromatic carbocycles. The summed E-state index contributed by atoms with van der Waals surface area (Å²) in [6.45, 7) is 3.91. The number of hydrogen-bond donors (Lipinski definition) is 0. The number of halogens is 2. The zero-order valence-corrected chi connectivity index (χ0v) is 8.76. The molecule has 0 fully saturated rings. The van der Waals surface area contributed by atoms with Gasteiger partial charge in [-0.3, -0.25) is 0 Å². The monoisotopic (exact) mass is 219 g/mol. The summed E-state index contributed by atoms with van der Waals surface area (Å²) < 4.78 is 13.0. The maximum Gasteiger partial charge on any atom is 0.141 e. The van der Waals surface area contributed by atoms with Gasteiger partial charge in [-0.05, 0) is 35.7 Å². The largest absolute Gasteiger partial charge is 0.205 e. The maximum atomic E-state index is 13.0. The molecule has 0 aromatic heterocycles. The van der Waals surface area contributed by atoms with Crippen molar-refractivity contribution >= 4 is 11.6 Å². The molecular formula is C13H9ClF. The summed E-state index contributed by atoms with van der Waals surface area (Å²) in [4.78, 5) is 0. The van der Waals surface area contributed by atoms with Crippen LogP contribution in [0, 0.1) is 12.7 Å². The molecule has 0 aliphatic rings. The third-order valence-electron chi connectivity index (χ3n) is 2.25. The summed E-state index contributed by atoms with van der Waals surface area (Å²) in [6, 6.07) is 12.4. The summed E-state index contributed by atoms with van der Waals surface area (Å²) in [6.07, 6.45) is 0. The van der Waals surface area contributed by atoms with Gasteiger partial charge < -0.3 is 0 Å². The Morgan fingerprint density at radius 1 is 1.07 bits per heavy atom. The summed E-state index contributed by atoms with van der Waals surface area (Å²) in [5.74, 6) is -0.401. The van der Waals surface area contributed by atoms with Gasteiger partial charge in [-0.25, -0.2) is 4.39 Å². The molecule has 0 aliphatic heterocycles. The molecule has 2 heteroatoms. The summed E-state index contributed by atoms with van der Waals surface area (Å²) in [5.41, 5.74) is 2.76. The molecule has 0 spiro atoms. The summed E-state index contributed by atoms with van der Waals surface area (Å²) >= 11 is 5.72. The van der Waals surface area contributed by atoms with Crippen LogP contribution in [-0.2, 0) is 0 Å². The topological polar surface area (TPSA) is 0 Å². The van der Waals surface area contributed by atoms with Gasteiger partial charge in [-0.1, -0.05) is 41.9 Å². The van der Waals surface area contributed by atoms with Crippen molar-refractivity contribution in [2.75, 3.05) is 0 Å². The normalized spacial score (nSPS) is 10.3. The second-order valence-corrected chi connectivity index (χ2v) is 3.69. The van der Waals surface area contributed by atoms with Gasteiger partial charge in [-0.2, -0.15) is 0 Å². The van der Waals surface area contributed by atoms with Crippen LogP contribution in [0.4, 0.5) is 4.39 Å². The van der Waals surface area contributed by atoms with Crippen LogP contribution in [0.1, 0.15) is 5.56 Å². The van der Waals surface area contributed by atoms with Crippen molar-refractivity contribution in [1.82, 2.24) is 0 Å². The van der Waals surface area contributed by atoms with Gasteiger partial charge in [0.1, 0.15) is 5.82 Å². The van der Waals surface area contributed by atoms with E-state index < -0.39 is 5.82 Å². The van der Waals surface area contributed by atoms with E-state index in [4.69, 9.17) is 11.6 Å². The standard InChI is InChI=1S/C13H9ClF/c1-9-4-2-3-5-11(9)10-6-7-13(15)12(14)8-10/h2-8H,1H2. The Morgan fingerprint density at radius 3 is 2.47 bits per heavy atom. The summed E-state index contributed by atoms with van der Waals surface area (Å²) in [5, 5.41) is 0.135. The molecule has 2 aromatic rings. The Labute approximate surface area is 93.3 Å². The Kier molecular flexibility index (Phi) is 2.74. The SMILES string of the molecule is [CH2]c1ccccc1-c1ccc(F)c(Cl)c1. The molecule has 0 aliphatic carbocycles. The van der Waals surface area contributed by atoms with Gasteiger partial charge in [0.2, 0.25) is 0 Å². The molecular weight excluding hydrogens is 211 g/mol. The molecule has 1 radical (unpaired) electrons. The first-order chi connectivity index (χ1) is 7.18. The highest BCUT2D eigenvalue weighted by atomic mass is 35.5. The van der Waals surface area contributed by atoms with Crippen LogP contribution < -0.4 is 0 Å². The van der Waals surface area contributed by atoms with Crippen molar-refractivity contribution in [1.29, 1.82) is 0 Å². The lowest BCUT2D eigenvalue weighted by Crippen LogP contribution is -1.84. The highest BCUT2D eigenvalue weighted by Crippen LogP contribution is 2.26. The van der Waals surface area contributed by atoms with Gasteiger partial charge in [0.25, 0.3) is 0 Å². The Hall–Kier alpha value is -1.34. The van der Waals surface area contributed by atoms with Gasteiger partial charge in [0.15, 0.2) is 0 Å². The molecule has 0 heterocycles. The van der Waals surface area contributed by atoms with E-state index in [1.54, 1.807) is 12.1 Å². The zero-order chi connectivity index (χ0) is 10.8. The van der Waals surface area contributed by atoms with Crippen LogP contribution >= 0.6 is 11.6 Å². The van der Waals surface area contributed by atoms with Crippen molar-refractivity contribution in [2.24, 2.45) is 0 Å². The lowest BCUT2D eigenvalue weighted by atomic mass is 10.0. The minimum atomic E-state index is -0.401. The lowest BCUT2D eigenvalue weighted by Gasteiger charge is -2.06. The van der Waals surface area contributed by atoms with Crippen molar-refractivity contribution in [3.63, 3.8) is 0 Å². The quantitative estimate of drug-likeness (QED) is 0.670. The van der Waals surface area contributed by atoms with Crippen LogP contribution in [0.2, 0.25) is 5.02 Å². The minimum absolute atomic E-state index is 0.135. The molecule has 0 amide bonds. The average Bonchev–Trinajstić information content (AvgIpc) is 2.23. The summed E-state index contributed by atoms with van der Waals surface area (Å²) in [7, 11) is 0. The van der Waals surface area contributed by atoms with Gasteiger partial charge >= 0.3 is 0 Å².